The number of carbonyl (C=O) groups is 1. The van der Waals surface area contributed by atoms with E-state index in [1.807, 2.05) is 38.1 Å². The van der Waals surface area contributed by atoms with Gasteiger partial charge < -0.3 is 10.2 Å². The maximum absolute atomic E-state index is 11.6. The topological polar surface area (TPSA) is 57.5 Å². The van der Waals surface area contributed by atoms with E-state index in [-0.39, 0.29) is 5.92 Å². The van der Waals surface area contributed by atoms with Crippen LogP contribution in [0.3, 0.4) is 0 Å². The summed E-state index contributed by atoms with van der Waals surface area (Å²) in [5.74, 6) is -1.77. The van der Waals surface area contributed by atoms with Gasteiger partial charge in [-0.1, -0.05) is 38.1 Å². The van der Waals surface area contributed by atoms with E-state index in [2.05, 4.69) is 0 Å². The molecule has 0 aliphatic heterocycles. The van der Waals surface area contributed by atoms with Crippen molar-refractivity contribution in [1.29, 1.82) is 0 Å². The fraction of sp³-hybridized carbons (Fsp3) is 0.562. The van der Waals surface area contributed by atoms with Gasteiger partial charge in [-0.05, 0) is 42.7 Å². The highest BCUT2D eigenvalue weighted by molar-refractivity contribution is 5.72. The van der Waals surface area contributed by atoms with Gasteiger partial charge in [-0.15, -0.1) is 0 Å². The summed E-state index contributed by atoms with van der Waals surface area (Å²) in [6.45, 7) is 3.73. The minimum Gasteiger partial charge on any atom is -0.481 e. The van der Waals surface area contributed by atoms with E-state index in [0.717, 1.165) is 30.4 Å². The smallest absolute Gasteiger partial charge is 0.310 e. The van der Waals surface area contributed by atoms with Gasteiger partial charge in [0, 0.05) is 0 Å². The van der Waals surface area contributed by atoms with Gasteiger partial charge in [0.15, 0.2) is 0 Å². The molecular formula is C16H22O3. The molecule has 2 N–H and O–H groups in total. The van der Waals surface area contributed by atoms with Crippen molar-refractivity contribution in [2.24, 2.45) is 11.8 Å². The number of aryl methyl sites for hydroxylation is 1. The maximum Gasteiger partial charge on any atom is 0.310 e. The first-order chi connectivity index (χ1) is 8.97. The first-order valence-corrected chi connectivity index (χ1v) is 7.00. The summed E-state index contributed by atoms with van der Waals surface area (Å²) in [7, 11) is 0. The standard InChI is InChI=1S/C16H22O3/c1-11(2)14(15(17)18)16(19)10-6-5-8-12-7-3-4-9-13(12)16/h3-4,7,9,11,14,19H,5-6,8,10H2,1-2H3,(H,17,18). The number of fused-ring (bicyclic) bond motifs is 1. The minimum atomic E-state index is -1.24. The van der Waals surface area contributed by atoms with Crippen LogP contribution in [-0.2, 0) is 16.8 Å². The quantitative estimate of drug-likeness (QED) is 0.823. The molecular weight excluding hydrogens is 240 g/mol. The zero-order chi connectivity index (χ0) is 14.0. The highest BCUT2D eigenvalue weighted by atomic mass is 16.4. The molecule has 1 aliphatic rings. The summed E-state index contributed by atoms with van der Waals surface area (Å²) in [6, 6.07) is 7.73. The third-order valence-electron chi connectivity index (χ3n) is 4.19. The lowest BCUT2D eigenvalue weighted by molar-refractivity contribution is -0.157. The fourth-order valence-corrected chi connectivity index (χ4v) is 3.37. The molecule has 0 saturated heterocycles. The first-order valence-electron chi connectivity index (χ1n) is 7.00. The molecule has 0 spiro atoms. The highest BCUT2D eigenvalue weighted by Crippen LogP contribution is 2.42. The summed E-state index contributed by atoms with van der Waals surface area (Å²) in [4.78, 5) is 11.6. The van der Waals surface area contributed by atoms with Crippen LogP contribution in [0.15, 0.2) is 24.3 Å². The molecule has 2 rings (SSSR count). The van der Waals surface area contributed by atoms with Gasteiger partial charge in [-0.3, -0.25) is 4.79 Å². The molecule has 0 amide bonds. The van der Waals surface area contributed by atoms with Gasteiger partial charge in [-0.25, -0.2) is 0 Å². The molecule has 0 bridgehead atoms. The molecule has 2 unspecified atom stereocenters. The molecule has 0 fully saturated rings. The Balaban J connectivity index is 2.54. The van der Waals surface area contributed by atoms with Crippen LogP contribution in [0.2, 0.25) is 0 Å². The molecule has 0 radical (unpaired) electrons. The lowest BCUT2D eigenvalue weighted by atomic mass is 9.72. The zero-order valence-corrected chi connectivity index (χ0v) is 11.6. The second-order valence-electron chi connectivity index (χ2n) is 5.85. The monoisotopic (exact) mass is 262 g/mol. The van der Waals surface area contributed by atoms with E-state index in [0.29, 0.717) is 6.42 Å². The fourth-order valence-electron chi connectivity index (χ4n) is 3.37. The van der Waals surface area contributed by atoms with Crippen LogP contribution < -0.4 is 0 Å². The minimum absolute atomic E-state index is 0.103. The molecule has 2 atom stereocenters. The van der Waals surface area contributed by atoms with Crippen molar-refractivity contribution in [2.75, 3.05) is 0 Å². The Morgan fingerprint density at radius 3 is 2.58 bits per heavy atom. The average Bonchev–Trinajstić information content (AvgIpc) is 2.49. The number of rotatable bonds is 3. The van der Waals surface area contributed by atoms with Crippen LogP contribution >= 0.6 is 0 Å². The van der Waals surface area contributed by atoms with E-state index in [1.165, 1.54) is 0 Å². The summed E-state index contributed by atoms with van der Waals surface area (Å²) in [5, 5.41) is 20.6. The Hall–Kier alpha value is -1.35. The number of aliphatic carboxylic acids is 1. The van der Waals surface area contributed by atoms with E-state index in [1.54, 1.807) is 0 Å². The summed E-state index contributed by atoms with van der Waals surface area (Å²) < 4.78 is 0. The Labute approximate surface area is 114 Å². The largest absolute Gasteiger partial charge is 0.481 e. The Morgan fingerprint density at radius 1 is 1.26 bits per heavy atom. The number of carboxylic acids is 1. The predicted octanol–water partition coefficient (Wildman–Crippen LogP) is 2.96. The maximum atomic E-state index is 11.6. The number of benzene rings is 1. The molecule has 3 nitrogen and oxygen atoms in total. The second-order valence-corrected chi connectivity index (χ2v) is 5.85. The Bertz CT molecular complexity index is 467. The molecule has 0 saturated carbocycles. The summed E-state index contributed by atoms with van der Waals surface area (Å²) in [6.07, 6.45) is 3.31. The van der Waals surface area contributed by atoms with Gasteiger partial charge in [0.05, 0.1) is 5.92 Å². The third-order valence-corrected chi connectivity index (χ3v) is 4.19. The SMILES string of the molecule is CC(C)C(C(=O)O)C1(O)CCCCc2ccccc21. The van der Waals surface area contributed by atoms with Crippen LogP contribution in [0, 0.1) is 11.8 Å². The number of hydrogen-bond acceptors (Lipinski definition) is 2. The molecule has 1 aliphatic carbocycles. The highest BCUT2D eigenvalue weighted by Gasteiger charge is 2.46. The van der Waals surface area contributed by atoms with Gasteiger partial charge in [0.1, 0.15) is 5.60 Å². The van der Waals surface area contributed by atoms with E-state index in [4.69, 9.17) is 0 Å². The van der Waals surface area contributed by atoms with Crippen LogP contribution in [0.25, 0.3) is 0 Å². The Kier molecular flexibility index (Phi) is 3.95. The molecule has 1 aromatic carbocycles. The van der Waals surface area contributed by atoms with Crippen molar-refractivity contribution in [2.45, 2.75) is 45.1 Å². The molecule has 1 aromatic rings. The first kappa shape index (κ1) is 14.1. The van der Waals surface area contributed by atoms with Crippen molar-refractivity contribution >= 4 is 5.97 Å². The van der Waals surface area contributed by atoms with Crippen molar-refractivity contribution in [3.8, 4) is 0 Å². The van der Waals surface area contributed by atoms with Crippen molar-refractivity contribution < 1.29 is 15.0 Å². The van der Waals surface area contributed by atoms with Gasteiger partial charge in [0.25, 0.3) is 0 Å². The number of hydrogen-bond donors (Lipinski definition) is 2. The van der Waals surface area contributed by atoms with Crippen molar-refractivity contribution in [1.82, 2.24) is 0 Å². The van der Waals surface area contributed by atoms with Crippen LogP contribution in [0.4, 0.5) is 0 Å². The average molecular weight is 262 g/mol. The van der Waals surface area contributed by atoms with E-state index in [9.17, 15) is 15.0 Å². The van der Waals surface area contributed by atoms with Gasteiger partial charge >= 0.3 is 5.97 Å². The van der Waals surface area contributed by atoms with Crippen LogP contribution in [0.1, 0.15) is 44.2 Å². The molecule has 19 heavy (non-hydrogen) atoms. The normalized spacial score (nSPS) is 24.6. The lowest BCUT2D eigenvalue weighted by Crippen LogP contribution is -2.43. The Morgan fingerprint density at radius 2 is 1.95 bits per heavy atom. The molecule has 0 heterocycles. The summed E-state index contributed by atoms with van der Waals surface area (Å²) in [5.41, 5.74) is 0.663. The van der Waals surface area contributed by atoms with Crippen molar-refractivity contribution in [3.05, 3.63) is 35.4 Å². The van der Waals surface area contributed by atoms with Crippen molar-refractivity contribution in [3.63, 3.8) is 0 Å². The van der Waals surface area contributed by atoms with Gasteiger partial charge in [-0.2, -0.15) is 0 Å². The molecule has 3 heteroatoms. The lowest BCUT2D eigenvalue weighted by Gasteiger charge is -2.36. The van der Waals surface area contributed by atoms with Crippen LogP contribution in [0.5, 0.6) is 0 Å². The number of aliphatic hydroxyl groups is 1. The zero-order valence-electron chi connectivity index (χ0n) is 11.6. The van der Waals surface area contributed by atoms with Crippen LogP contribution in [-0.4, -0.2) is 16.2 Å². The third kappa shape index (κ3) is 2.52. The van der Waals surface area contributed by atoms with Gasteiger partial charge in [0.2, 0.25) is 0 Å². The van der Waals surface area contributed by atoms with E-state index < -0.39 is 17.5 Å². The molecule has 104 valence electrons. The van der Waals surface area contributed by atoms with E-state index >= 15 is 0 Å². The number of carboxylic acid groups (broad SMARTS) is 1. The predicted molar refractivity (Wildman–Crippen MR) is 73.9 cm³/mol. The molecule has 0 aromatic heterocycles. The summed E-state index contributed by atoms with van der Waals surface area (Å²) >= 11 is 0. The second kappa shape index (κ2) is 5.33.